The number of carbonyl (C=O) groups is 2. The normalized spacial score (nSPS) is 17.9. The molecular formula is C13H16ClNO3S. The van der Waals surface area contributed by atoms with Gasteiger partial charge in [-0.2, -0.15) is 0 Å². The Bertz CT molecular complexity index is 480. The Balaban J connectivity index is 2.01. The van der Waals surface area contributed by atoms with Gasteiger partial charge in [-0.25, -0.2) is 4.79 Å². The average molecular weight is 302 g/mol. The number of thiophene rings is 1. The molecule has 1 fully saturated rings. The van der Waals surface area contributed by atoms with E-state index >= 15 is 0 Å². The lowest BCUT2D eigenvalue weighted by Crippen LogP contribution is -2.55. The molecule has 0 radical (unpaired) electrons. The maximum atomic E-state index is 12.0. The fourth-order valence-corrected chi connectivity index (χ4v) is 3.55. The first kappa shape index (κ1) is 14.3. The summed E-state index contributed by atoms with van der Waals surface area (Å²) in [6.45, 7) is 0. The number of nitrogens with one attached hydrogen (secondary N) is 1. The molecule has 1 aliphatic carbocycles. The Labute approximate surface area is 120 Å². The molecule has 19 heavy (non-hydrogen) atoms. The van der Waals surface area contributed by atoms with Crippen LogP contribution in [0.25, 0.3) is 0 Å². The first-order valence-corrected chi connectivity index (χ1v) is 7.50. The van der Waals surface area contributed by atoms with Gasteiger partial charge in [-0.15, -0.1) is 11.3 Å². The van der Waals surface area contributed by atoms with Crippen molar-refractivity contribution < 1.29 is 14.7 Å². The van der Waals surface area contributed by atoms with Crippen LogP contribution >= 0.6 is 22.9 Å². The second-order valence-corrected chi connectivity index (χ2v) is 6.68. The van der Waals surface area contributed by atoms with Gasteiger partial charge in [0.2, 0.25) is 5.91 Å². The summed E-state index contributed by atoms with van der Waals surface area (Å²) in [6.07, 6.45) is 3.94. The van der Waals surface area contributed by atoms with Crippen molar-refractivity contribution in [3.8, 4) is 0 Å². The molecule has 1 aliphatic rings. The molecule has 0 aromatic carbocycles. The van der Waals surface area contributed by atoms with Gasteiger partial charge < -0.3 is 10.4 Å². The van der Waals surface area contributed by atoms with Crippen LogP contribution in [0.5, 0.6) is 0 Å². The van der Waals surface area contributed by atoms with E-state index in [1.165, 1.54) is 11.3 Å². The number of halogens is 1. The quantitative estimate of drug-likeness (QED) is 0.898. The van der Waals surface area contributed by atoms with Crippen molar-refractivity contribution in [2.45, 2.75) is 44.1 Å². The number of carboxylic acid groups (broad SMARTS) is 1. The second-order valence-electron chi connectivity index (χ2n) is 4.88. The van der Waals surface area contributed by atoms with Crippen molar-refractivity contribution in [3.05, 3.63) is 21.3 Å². The largest absolute Gasteiger partial charge is 0.480 e. The lowest BCUT2D eigenvalue weighted by molar-refractivity contribution is -0.149. The third-order valence-electron chi connectivity index (χ3n) is 3.46. The Morgan fingerprint density at radius 2 is 2.00 bits per heavy atom. The van der Waals surface area contributed by atoms with Crippen LogP contribution in [0.2, 0.25) is 4.34 Å². The van der Waals surface area contributed by atoms with E-state index in [4.69, 9.17) is 11.6 Å². The molecule has 1 amide bonds. The molecule has 2 N–H and O–H groups in total. The van der Waals surface area contributed by atoms with Crippen LogP contribution in [-0.4, -0.2) is 22.5 Å². The summed E-state index contributed by atoms with van der Waals surface area (Å²) in [5, 5.41) is 12.1. The van der Waals surface area contributed by atoms with Gasteiger partial charge in [-0.05, 0) is 25.0 Å². The van der Waals surface area contributed by atoms with Crippen LogP contribution in [0.1, 0.15) is 37.0 Å². The fourth-order valence-electron chi connectivity index (χ4n) is 2.46. The monoisotopic (exact) mass is 301 g/mol. The van der Waals surface area contributed by atoms with Crippen LogP contribution in [-0.2, 0) is 16.0 Å². The topological polar surface area (TPSA) is 66.4 Å². The minimum atomic E-state index is -1.07. The Morgan fingerprint density at radius 1 is 1.32 bits per heavy atom. The molecule has 0 aliphatic heterocycles. The van der Waals surface area contributed by atoms with Crippen LogP contribution < -0.4 is 5.32 Å². The summed E-state index contributed by atoms with van der Waals surface area (Å²) in [6, 6.07) is 3.53. The lowest BCUT2D eigenvalue weighted by atomic mass is 9.81. The molecule has 1 aromatic rings. The molecule has 4 nitrogen and oxygen atoms in total. The van der Waals surface area contributed by atoms with Gasteiger partial charge in [0.25, 0.3) is 0 Å². The minimum absolute atomic E-state index is 0.187. The Hall–Kier alpha value is -1.07. The Morgan fingerprint density at radius 3 is 2.53 bits per heavy atom. The highest BCUT2D eigenvalue weighted by molar-refractivity contribution is 7.16. The molecule has 0 bridgehead atoms. The zero-order chi connectivity index (χ0) is 13.9. The van der Waals surface area contributed by atoms with Gasteiger partial charge in [0.1, 0.15) is 5.54 Å². The maximum Gasteiger partial charge on any atom is 0.329 e. The van der Waals surface area contributed by atoms with Crippen molar-refractivity contribution in [2.24, 2.45) is 0 Å². The second kappa shape index (κ2) is 5.92. The van der Waals surface area contributed by atoms with Gasteiger partial charge in [-0.3, -0.25) is 4.79 Å². The maximum absolute atomic E-state index is 12.0. The number of carboxylic acids is 1. The first-order chi connectivity index (χ1) is 9.02. The molecule has 1 saturated carbocycles. The average Bonchev–Trinajstić information content (AvgIpc) is 2.75. The van der Waals surface area contributed by atoms with Crippen LogP contribution in [0.15, 0.2) is 12.1 Å². The molecule has 1 aromatic heterocycles. The van der Waals surface area contributed by atoms with Gasteiger partial charge in [-0.1, -0.05) is 30.9 Å². The van der Waals surface area contributed by atoms with E-state index in [2.05, 4.69) is 5.32 Å². The lowest BCUT2D eigenvalue weighted by Gasteiger charge is -2.33. The van der Waals surface area contributed by atoms with Gasteiger partial charge >= 0.3 is 5.97 Å². The molecule has 6 heteroatoms. The summed E-state index contributed by atoms with van der Waals surface area (Å²) < 4.78 is 0.633. The van der Waals surface area contributed by atoms with E-state index in [0.29, 0.717) is 17.2 Å². The fraction of sp³-hybridized carbons (Fsp3) is 0.538. The number of carbonyl (C=O) groups excluding carboxylic acids is 1. The molecule has 1 heterocycles. The SMILES string of the molecule is O=C(Cc1ccc(Cl)s1)NC1(C(=O)O)CCCCC1. The Kier molecular flexibility index (Phi) is 4.47. The molecule has 0 atom stereocenters. The van der Waals surface area contributed by atoms with Crippen molar-refractivity contribution in [2.75, 3.05) is 0 Å². The van der Waals surface area contributed by atoms with E-state index < -0.39 is 11.5 Å². The number of rotatable bonds is 4. The minimum Gasteiger partial charge on any atom is -0.480 e. The van der Waals surface area contributed by atoms with E-state index in [1.807, 2.05) is 0 Å². The predicted molar refractivity (Wildman–Crippen MR) is 74.6 cm³/mol. The van der Waals surface area contributed by atoms with Gasteiger partial charge in [0.05, 0.1) is 10.8 Å². The third-order valence-corrected chi connectivity index (χ3v) is 4.69. The van der Waals surface area contributed by atoms with E-state index in [1.54, 1.807) is 12.1 Å². The number of amides is 1. The zero-order valence-electron chi connectivity index (χ0n) is 10.4. The molecule has 0 spiro atoms. The van der Waals surface area contributed by atoms with Crippen molar-refractivity contribution >= 4 is 34.8 Å². The highest BCUT2D eigenvalue weighted by atomic mass is 35.5. The van der Waals surface area contributed by atoms with Crippen molar-refractivity contribution in [1.82, 2.24) is 5.32 Å². The highest BCUT2D eigenvalue weighted by Crippen LogP contribution is 2.29. The van der Waals surface area contributed by atoms with Crippen LogP contribution in [0.3, 0.4) is 0 Å². The molecule has 0 saturated heterocycles. The molecule has 2 rings (SSSR count). The highest BCUT2D eigenvalue weighted by Gasteiger charge is 2.40. The molecule has 0 unspecified atom stereocenters. The van der Waals surface area contributed by atoms with Crippen molar-refractivity contribution in [1.29, 1.82) is 0 Å². The standard InChI is InChI=1S/C13H16ClNO3S/c14-10-5-4-9(19-10)8-11(16)15-13(12(17)18)6-2-1-3-7-13/h4-5H,1-3,6-8H2,(H,15,16)(H,17,18). The molecule has 104 valence electrons. The number of hydrogen-bond donors (Lipinski definition) is 2. The summed E-state index contributed by atoms with van der Waals surface area (Å²) in [5.41, 5.74) is -1.07. The zero-order valence-corrected chi connectivity index (χ0v) is 12.0. The number of hydrogen-bond acceptors (Lipinski definition) is 3. The van der Waals surface area contributed by atoms with Gasteiger partial charge in [0.15, 0.2) is 0 Å². The van der Waals surface area contributed by atoms with E-state index in [-0.39, 0.29) is 12.3 Å². The summed E-state index contributed by atoms with van der Waals surface area (Å²) >= 11 is 7.15. The van der Waals surface area contributed by atoms with Crippen LogP contribution in [0, 0.1) is 0 Å². The first-order valence-electron chi connectivity index (χ1n) is 6.30. The predicted octanol–water partition coefficient (Wildman–Crippen LogP) is 2.85. The summed E-state index contributed by atoms with van der Waals surface area (Å²) in [5.74, 6) is -1.17. The number of aliphatic carboxylic acids is 1. The summed E-state index contributed by atoms with van der Waals surface area (Å²) in [4.78, 5) is 24.3. The summed E-state index contributed by atoms with van der Waals surface area (Å²) in [7, 11) is 0. The van der Waals surface area contributed by atoms with E-state index in [9.17, 15) is 14.7 Å². The third kappa shape index (κ3) is 3.48. The van der Waals surface area contributed by atoms with Gasteiger partial charge in [0, 0.05) is 4.88 Å². The van der Waals surface area contributed by atoms with Crippen LogP contribution in [0.4, 0.5) is 0 Å². The molecular weight excluding hydrogens is 286 g/mol. The van der Waals surface area contributed by atoms with Crippen molar-refractivity contribution in [3.63, 3.8) is 0 Å². The van der Waals surface area contributed by atoms with E-state index in [0.717, 1.165) is 24.1 Å². The smallest absolute Gasteiger partial charge is 0.329 e.